The van der Waals surface area contributed by atoms with Crippen LogP contribution in [0.2, 0.25) is 0 Å². The zero-order valence-corrected chi connectivity index (χ0v) is 18.9. The summed E-state index contributed by atoms with van der Waals surface area (Å²) in [6.45, 7) is 2.74. The third kappa shape index (κ3) is 6.62. The molecule has 0 bridgehead atoms. The molecule has 1 fully saturated rings. The molecule has 1 heterocycles. The van der Waals surface area contributed by atoms with Crippen molar-refractivity contribution in [2.24, 2.45) is 0 Å². The number of ether oxygens (including phenoxy) is 3. The van der Waals surface area contributed by atoms with Crippen LogP contribution >= 0.6 is 0 Å². The Morgan fingerprint density at radius 1 is 0.903 bits per heavy atom. The lowest BCUT2D eigenvalue weighted by Gasteiger charge is -2.35. The number of amides is 1. The predicted molar refractivity (Wildman–Crippen MR) is 122 cm³/mol. The molecular weight excluding hydrogens is 392 g/mol. The van der Waals surface area contributed by atoms with Gasteiger partial charge in [0.2, 0.25) is 5.91 Å². The third-order valence-electron chi connectivity index (χ3n) is 5.88. The standard InChI is InChI=1S/C25H34N2O4/c1-29-21-10-8-20(9-11-21)24(27-13-5-4-6-14-27)18-26-25(28)12-7-19-15-22(30-2)17-23(16-19)31-3/h8-11,15-17,24H,4-7,12-14,18H2,1-3H3,(H,26,28). The summed E-state index contributed by atoms with van der Waals surface area (Å²) in [5, 5.41) is 3.16. The lowest BCUT2D eigenvalue weighted by Crippen LogP contribution is -2.40. The number of aryl methyl sites for hydroxylation is 1. The predicted octanol–water partition coefficient (Wildman–Crippen LogP) is 3.99. The summed E-state index contributed by atoms with van der Waals surface area (Å²) in [5.74, 6) is 2.37. The minimum Gasteiger partial charge on any atom is -0.497 e. The summed E-state index contributed by atoms with van der Waals surface area (Å²) in [7, 11) is 4.94. The third-order valence-corrected chi connectivity index (χ3v) is 5.88. The molecule has 0 saturated carbocycles. The maximum Gasteiger partial charge on any atom is 0.220 e. The summed E-state index contributed by atoms with van der Waals surface area (Å²) < 4.78 is 15.9. The maximum atomic E-state index is 12.6. The van der Waals surface area contributed by atoms with Crippen molar-refractivity contribution < 1.29 is 19.0 Å². The zero-order valence-electron chi connectivity index (χ0n) is 18.9. The molecule has 3 rings (SSSR count). The van der Waals surface area contributed by atoms with E-state index in [-0.39, 0.29) is 11.9 Å². The number of nitrogens with zero attached hydrogens (tertiary/aromatic N) is 1. The van der Waals surface area contributed by atoms with Gasteiger partial charge in [-0.3, -0.25) is 9.69 Å². The summed E-state index contributed by atoms with van der Waals surface area (Å²) >= 11 is 0. The zero-order chi connectivity index (χ0) is 22.1. The van der Waals surface area contributed by atoms with Crippen LogP contribution in [0.15, 0.2) is 42.5 Å². The second-order valence-electron chi connectivity index (χ2n) is 7.91. The number of rotatable bonds is 10. The van der Waals surface area contributed by atoms with Crippen molar-refractivity contribution >= 4 is 5.91 Å². The van der Waals surface area contributed by atoms with Crippen LogP contribution in [0.5, 0.6) is 17.2 Å². The maximum absolute atomic E-state index is 12.6. The molecule has 1 aliphatic rings. The van der Waals surface area contributed by atoms with Crippen molar-refractivity contribution in [1.82, 2.24) is 10.2 Å². The van der Waals surface area contributed by atoms with E-state index in [1.165, 1.54) is 24.8 Å². The number of carbonyl (C=O) groups excluding carboxylic acids is 1. The van der Waals surface area contributed by atoms with E-state index in [1.54, 1.807) is 21.3 Å². The van der Waals surface area contributed by atoms with Gasteiger partial charge in [0, 0.05) is 19.0 Å². The first-order chi connectivity index (χ1) is 15.1. The molecule has 6 nitrogen and oxygen atoms in total. The van der Waals surface area contributed by atoms with E-state index in [2.05, 4.69) is 22.3 Å². The molecule has 168 valence electrons. The molecule has 1 saturated heterocycles. The molecule has 1 atom stereocenters. The Bertz CT molecular complexity index is 810. The van der Waals surface area contributed by atoms with Crippen LogP contribution < -0.4 is 19.5 Å². The minimum absolute atomic E-state index is 0.0531. The molecule has 1 aliphatic heterocycles. The summed E-state index contributed by atoms with van der Waals surface area (Å²) in [6, 6.07) is 14.1. The van der Waals surface area contributed by atoms with Crippen LogP contribution in [-0.2, 0) is 11.2 Å². The molecule has 0 radical (unpaired) electrons. The topological polar surface area (TPSA) is 60.0 Å². The first-order valence-electron chi connectivity index (χ1n) is 11.0. The van der Waals surface area contributed by atoms with Gasteiger partial charge < -0.3 is 19.5 Å². The smallest absolute Gasteiger partial charge is 0.220 e. The van der Waals surface area contributed by atoms with Crippen LogP contribution in [0.25, 0.3) is 0 Å². The van der Waals surface area contributed by atoms with Crippen LogP contribution in [-0.4, -0.2) is 51.8 Å². The first-order valence-corrected chi connectivity index (χ1v) is 11.0. The Hall–Kier alpha value is -2.73. The highest BCUT2D eigenvalue weighted by molar-refractivity contribution is 5.76. The number of hydrogen-bond donors (Lipinski definition) is 1. The van der Waals surface area contributed by atoms with Gasteiger partial charge >= 0.3 is 0 Å². The average Bonchev–Trinajstić information content (AvgIpc) is 2.83. The van der Waals surface area contributed by atoms with Crippen LogP contribution in [0, 0.1) is 0 Å². The number of carbonyl (C=O) groups is 1. The van der Waals surface area contributed by atoms with E-state index in [9.17, 15) is 4.79 Å². The molecule has 0 aliphatic carbocycles. The van der Waals surface area contributed by atoms with Crippen molar-refractivity contribution in [1.29, 1.82) is 0 Å². The minimum atomic E-state index is 0.0531. The summed E-state index contributed by atoms with van der Waals surface area (Å²) in [5.41, 5.74) is 2.23. The van der Waals surface area contributed by atoms with E-state index >= 15 is 0 Å². The Kier molecular flexibility index (Phi) is 8.59. The Morgan fingerprint density at radius 3 is 2.10 bits per heavy atom. The van der Waals surface area contributed by atoms with Crippen molar-refractivity contribution in [3.05, 3.63) is 53.6 Å². The Morgan fingerprint density at radius 2 is 1.52 bits per heavy atom. The highest BCUT2D eigenvalue weighted by atomic mass is 16.5. The van der Waals surface area contributed by atoms with Crippen LogP contribution in [0.3, 0.4) is 0 Å². The van der Waals surface area contributed by atoms with Gasteiger partial charge in [-0.15, -0.1) is 0 Å². The van der Waals surface area contributed by atoms with Crippen LogP contribution in [0.1, 0.15) is 42.9 Å². The monoisotopic (exact) mass is 426 g/mol. The largest absolute Gasteiger partial charge is 0.497 e. The van der Waals surface area contributed by atoms with Gasteiger partial charge in [0.05, 0.1) is 27.4 Å². The molecule has 31 heavy (non-hydrogen) atoms. The van der Waals surface area contributed by atoms with E-state index in [4.69, 9.17) is 14.2 Å². The molecular formula is C25H34N2O4. The van der Waals surface area contributed by atoms with E-state index in [1.807, 2.05) is 30.3 Å². The van der Waals surface area contributed by atoms with Crippen molar-refractivity contribution in [3.8, 4) is 17.2 Å². The van der Waals surface area contributed by atoms with Gasteiger partial charge in [0.1, 0.15) is 17.2 Å². The van der Waals surface area contributed by atoms with Gasteiger partial charge in [0.25, 0.3) is 0 Å². The van der Waals surface area contributed by atoms with Gasteiger partial charge in [-0.2, -0.15) is 0 Å². The molecule has 1 unspecified atom stereocenters. The molecule has 2 aromatic carbocycles. The van der Waals surface area contributed by atoms with Gasteiger partial charge in [-0.05, 0) is 67.7 Å². The SMILES string of the molecule is COc1ccc(C(CNC(=O)CCc2cc(OC)cc(OC)c2)N2CCCCC2)cc1. The second-order valence-corrected chi connectivity index (χ2v) is 7.91. The summed E-state index contributed by atoms with van der Waals surface area (Å²) in [4.78, 5) is 15.1. The van der Waals surface area contributed by atoms with Crippen molar-refractivity contribution in [2.45, 2.75) is 38.1 Å². The van der Waals surface area contributed by atoms with E-state index in [0.29, 0.717) is 19.4 Å². The highest BCUT2D eigenvalue weighted by Gasteiger charge is 2.23. The lowest BCUT2D eigenvalue weighted by atomic mass is 10.0. The molecule has 6 heteroatoms. The number of benzene rings is 2. The van der Waals surface area contributed by atoms with E-state index in [0.717, 1.165) is 35.9 Å². The fraction of sp³-hybridized carbons (Fsp3) is 0.480. The number of piperidine rings is 1. The lowest BCUT2D eigenvalue weighted by molar-refractivity contribution is -0.121. The second kappa shape index (κ2) is 11.6. The molecule has 0 spiro atoms. The number of hydrogen-bond acceptors (Lipinski definition) is 5. The quantitative estimate of drug-likeness (QED) is 0.623. The van der Waals surface area contributed by atoms with Crippen molar-refractivity contribution in [3.63, 3.8) is 0 Å². The van der Waals surface area contributed by atoms with Gasteiger partial charge in [-0.25, -0.2) is 0 Å². The van der Waals surface area contributed by atoms with Gasteiger partial charge in [0.15, 0.2) is 0 Å². The number of methoxy groups -OCH3 is 3. The van der Waals surface area contributed by atoms with E-state index < -0.39 is 0 Å². The number of nitrogens with one attached hydrogen (secondary N) is 1. The van der Waals surface area contributed by atoms with Crippen LogP contribution in [0.4, 0.5) is 0 Å². The fourth-order valence-electron chi connectivity index (χ4n) is 4.08. The molecule has 0 aromatic heterocycles. The molecule has 2 aromatic rings. The first kappa shape index (κ1) is 22.9. The number of likely N-dealkylation sites (tertiary alicyclic amines) is 1. The molecule has 1 amide bonds. The molecule has 1 N–H and O–H groups in total. The normalized spacial score (nSPS) is 15.2. The fourth-order valence-corrected chi connectivity index (χ4v) is 4.08. The Labute approximate surface area is 185 Å². The van der Waals surface area contributed by atoms with Gasteiger partial charge in [-0.1, -0.05) is 18.6 Å². The Balaban J connectivity index is 1.60. The average molecular weight is 427 g/mol. The summed E-state index contributed by atoms with van der Waals surface area (Å²) in [6.07, 6.45) is 4.75. The van der Waals surface area contributed by atoms with Crippen molar-refractivity contribution in [2.75, 3.05) is 41.0 Å². The highest BCUT2D eigenvalue weighted by Crippen LogP contribution is 2.26.